The fourth-order valence-electron chi connectivity index (χ4n) is 1.17. The summed E-state index contributed by atoms with van der Waals surface area (Å²) in [5.74, 6) is -1.00. The molecule has 7 heteroatoms. The lowest BCUT2D eigenvalue weighted by atomic mass is 10.1. The zero-order chi connectivity index (χ0) is 12.8. The molecule has 0 amide bonds. The van der Waals surface area contributed by atoms with Crippen LogP contribution >= 0.6 is 0 Å². The van der Waals surface area contributed by atoms with Gasteiger partial charge in [-0.1, -0.05) is 6.08 Å². The van der Waals surface area contributed by atoms with E-state index < -0.39 is 21.5 Å². The Hall–Kier alpha value is -0.920. The predicted molar refractivity (Wildman–Crippen MR) is 61.7 cm³/mol. The second kappa shape index (κ2) is 5.97. The van der Waals surface area contributed by atoms with E-state index in [4.69, 9.17) is 5.11 Å². The number of carboxylic acid groups (broad SMARTS) is 1. The molecule has 0 radical (unpaired) electrons. The third kappa shape index (κ3) is 9.63. The highest BCUT2D eigenvalue weighted by molar-refractivity contribution is 7.88. The van der Waals surface area contributed by atoms with Crippen LogP contribution in [0.15, 0.2) is 12.2 Å². The van der Waals surface area contributed by atoms with Crippen LogP contribution in [0.1, 0.15) is 13.8 Å². The van der Waals surface area contributed by atoms with Crippen LogP contribution in [0.4, 0.5) is 0 Å². The van der Waals surface area contributed by atoms with E-state index in [0.29, 0.717) is 13.1 Å². The first-order valence-electron chi connectivity index (χ1n) is 4.71. The molecule has 0 aliphatic carbocycles. The Kier molecular flexibility index (Phi) is 5.63. The Morgan fingerprint density at radius 1 is 1.44 bits per heavy atom. The van der Waals surface area contributed by atoms with Gasteiger partial charge in [-0.3, -0.25) is 0 Å². The second-order valence-corrected chi connectivity index (χ2v) is 5.88. The monoisotopic (exact) mass is 250 g/mol. The van der Waals surface area contributed by atoms with Crippen molar-refractivity contribution in [1.29, 1.82) is 0 Å². The second-order valence-electron chi connectivity index (χ2n) is 4.13. The maximum atomic E-state index is 11.0. The van der Waals surface area contributed by atoms with E-state index in [-0.39, 0.29) is 0 Å². The van der Waals surface area contributed by atoms with E-state index in [0.717, 1.165) is 12.3 Å². The molecule has 0 saturated carbocycles. The minimum atomic E-state index is -3.24. The minimum absolute atomic E-state index is 0.376. The third-order valence-electron chi connectivity index (χ3n) is 1.55. The minimum Gasteiger partial charge on any atom is -0.478 e. The molecule has 3 N–H and O–H groups in total. The van der Waals surface area contributed by atoms with Crippen LogP contribution in [-0.4, -0.2) is 44.4 Å². The zero-order valence-electron chi connectivity index (χ0n) is 9.65. The van der Waals surface area contributed by atoms with Crippen molar-refractivity contribution in [1.82, 2.24) is 10.0 Å². The molecule has 16 heavy (non-hydrogen) atoms. The summed E-state index contributed by atoms with van der Waals surface area (Å²) in [5.41, 5.74) is -0.607. The van der Waals surface area contributed by atoms with Gasteiger partial charge in [-0.2, -0.15) is 0 Å². The number of carboxylic acids is 1. The molecule has 0 aliphatic heterocycles. The first kappa shape index (κ1) is 15.1. The van der Waals surface area contributed by atoms with Gasteiger partial charge in [0.2, 0.25) is 10.0 Å². The van der Waals surface area contributed by atoms with E-state index in [9.17, 15) is 13.2 Å². The predicted octanol–water partition coefficient (Wildman–Crippen LogP) is -0.455. The topological polar surface area (TPSA) is 95.5 Å². The Morgan fingerprint density at radius 2 is 2.00 bits per heavy atom. The standard InChI is InChI=1S/C9H18N2O4S/c1-9(2,11-16(3,14)15)7-10-6-4-5-8(12)13/h4-5,10-11H,6-7H2,1-3H3,(H,12,13)/b5-4+. The highest BCUT2D eigenvalue weighted by atomic mass is 32.2. The van der Waals surface area contributed by atoms with Gasteiger partial charge in [0.25, 0.3) is 0 Å². The van der Waals surface area contributed by atoms with Crippen LogP contribution in [0, 0.1) is 0 Å². The number of rotatable bonds is 7. The first-order valence-corrected chi connectivity index (χ1v) is 6.61. The molecule has 0 spiro atoms. The van der Waals surface area contributed by atoms with Crippen LogP contribution in [-0.2, 0) is 14.8 Å². The van der Waals surface area contributed by atoms with Gasteiger partial charge in [0, 0.05) is 24.7 Å². The van der Waals surface area contributed by atoms with Crippen molar-refractivity contribution in [2.75, 3.05) is 19.3 Å². The van der Waals surface area contributed by atoms with Crippen molar-refractivity contribution in [3.8, 4) is 0 Å². The molecule has 0 aromatic rings. The van der Waals surface area contributed by atoms with Gasteiger partial charge in [0.1, 0.15) is 0 Å². The third-order valence-corrected chi connectivity index (χ3v) is 2.47. The number of hydrogen-bond acceptors (Lipinski definition) is 4. The smallest absolute Gasteiger partial charge is 0.328 e. The van der Waals surface area contributed by atoms with Crippen LogP contribution in [0.3, 0.4) is 0 Å². The van der Waals surface area contributed by atoms with E-state index in [1.165, 1.54) is 6.08 Å². The largest absolute Gasteiger partial charge is 0.478 e. The van der Waals surface area contributed by atoms with Crippen molar-refractivity contribution >= 4 is 16.0 Å². The summed E-state index contributed by atoms with van der Waals surface area (Å²) in [4.78, 5) is 10.1. The van der Waals surface area contributed by atoms with E-state index in [1.54, 1.807) is 13.8 Å². The molecule has 0 aliphatic rings. The van der Waals surface area contributed by atoms with E-state index >= 15 is 0 Å². The molecule has 0 saturated heterocycles. The van der Waals surface area contributed by atoms with Crippen molar-refractivity contribution < 1.29 is 18.3 Å². The average Bonchev–Trinajstić information content (AvgIpc) is 1.97. The van der Waals surface area contributed by atoms with Crippen LogP contribution in [0.25, 0.3) is 0 Å². The van der Waals surface area contributed by atoms with Crippen LogP contribution in [0.5, 0.6) is 0 Å². The highest BCUT2D eigenvalue weighted by Crippen LogP contribution is 2.01. The van der Waals surface area contributed by atoms with E-state index in [2.05, 4.69) is 10.0 Å². The molecule has 6 nitrogen and oxygen atoms in total. The summed E-state index contributed by atoms with van der Waals surface area (Å²) >= 11 is 0. The van der Waals surface area contributed by atoms with Crippen molar-refractivity contribution in [3.63, 3.8) is 0 Å². The quantitative estimate of drug-likeness (QED) is 0.420. The van der Waals surface area contributed by atoms with E-state index in [1.807, 2.05) is 0 Å². The lowest BCUT2D eigenvalue weighted by Crippen LogP contribution is -2.49. The molecule has 0 fully saturated rings. The Morgan fingerprint density at radius 3 is 2.44 bits per heavy atom. The number of sulfonamides is 1. The molecule has 0 aromatic heterocycles. The maximum Gasteiger partial charge on any atom is 0.328 e. The molecule has 0 bridgehead atoms. The molecule has 94 valence electrons. The summed E-state index contributed by atoms with van der Waals surface area (Å²) in [5, 5.41) is 11.2. The summed E-state index contributed by atoms with van der Waals surface area (Å²) in [6.45, 7) is 4.26. The molecule has 0 atom stereocenters. The van der Waals surface area contributed by atoms with Gasteiger partial charge in [-0.15, -0.1) is 0 Å². The lowest BCUT2D eigenvalue weighted by molar-refractivity contribution is -0.131. The summed E-state index contributed by atoms with van der Waals surface area (Å²) in [6, 6.07) is 0. The highest BCUT2D eigenvalue weighted by Gasteiger charge is 2.20. The Bertz CT molecular complexity index is 360. The Balaban J connectivity index is 3.96. The maximum absolute atomic E-state index is 11.0. The van der Waals surface area contributed by atoms with Crippen molar-refractivity contribution in [3.05, 3.63) is 12.2 Å². The molecule has 0 rings (SSSR count). The van der Waals surface area contributed by atoms with Crippen molar-refractivity contribution in [2.24, 2.45) is 0 Å². The first-order chi connectivity index (χ1) is 7.12. The molecular formula is C9H18N2O4S. The van der Waals surface area contributed by atoms with Crippen LogP contribution in [0.2, 0.25) is 0 Å². The zero-order valence-corrected chi connectivity index (χ0v) is 10.5. The van der Waals surface area contributed by atoms with Gasteiger partial charge < -0.3 is 10.4 Å². The fourth-order valence-corrected chi connectivity index (χ4v) is 2.24. The van der Waals surface area contributed by atoms with Gasteiger partial charge >= 0.3 is 5.97 Å². The number of hydrogen-bond donors (Lipinski definition) is 3. The SMILES string of the molecule is CC(C)(CNC/C=C/C(=O)O)NS(C)(=O)=O. The summed E-state index contributed by atoms with van der Waals surface area (Å²) in [7, 11) is -3.24. The number of aliphatic carboxylic acids is 1. The summed E-state index contributed by atoms with van der Waals surface area (Å²) < 4.78 is 24.5. The summed E-state index contributed by atoms with van der Waals surface area (Å²) in [6.07, 6.45) is 3.59. The lowest BCUT2D eigenvalue weighted by Gasteiger charge is -2.25. The van der Waals surface area contributed by atoms with Crippen LogP contribution < -0.4 is 10.0 Å². The van der Waals surface area contributed by atoms with Gasteiger partial charge in [0.05, 0.1) is 6.26 Å². The molecule has 0 aromatic carbocycles. The normalized spacial score (nSPS) is 13.2. The molecule has 0 heterocycles. The number of carbonyl (C=O) groups is 1. The van der Waals surface area contributed by atoms with Gasteiger partial charge in [-0.25, -0.2) is 17.9 Å². The van der Waals surface area contributed by atoms with Crippen molar-refractivity contribution in [2.45, 2.75) is 19.4 Å². The van der Waals surface area contributed by atoms with Gasteiger partial charge in [0.15, 0.2) is 0 Å². The fraction of sp³-hybridized carbons (Fsp3) is 0.667. The Labute approximate surface area is 95.8 Å². The van der Waals surface area contributed by atoms with Gasteiger partial charge in [-0.05, 0) is 13.8 Å². The molecule has 0 unspecified atom stereocenters. The molecular weight excluding hydrogens is 232 g/mol. The number of nitrogens with one attached hydrogen (secondary N) is 2. The average molecular weight is 250 g/mol.